The zero-order chi connectivity index (χ0) is 19.1. The fraction of sp³-hybridized carbons (Fsp3) is 0.421. The van der Waals surface area contributed by atoms with E-state index in [0.29, 0.717) is 23.6 Å². The number of nitrogens with one attached hydrogen (secondary N) is 1. The van der Waals surface area contributed by atoms with Crippen LogP contribution in [0.5, 0.6) is 5.75 Å². The third-order valence-corrected chi connectivity index (χ3v) is 5.31. The number of hydrogen-bond donors (Lipinski definition) is 1. The predicted octanol–water partition coefficient (Wildman–Crippen LogP) is 3.49. The van der Waals surface area contributed by atoms with Crippen LogP contribution in [0.25, 0.3) is 0 Å². The summed E-state index contributed by atoms with van der Waals surface area (Å²) in [6.07, 6.45) is 0.722. The Hall–Kier alpha value is -1.35. The van der Waals surface area contributed by atoms with E-state index < -0.39 is 0 Å². The summed E-state index contributed by atoms with van der Waals surface area (Å²) in [6.45, 7) is 5.59. The van der Waals surface area contributed by atoms with Gasteiger partial charge in [0.15, 0.2) is 10.4 Å². The number of furan rings is 1. The molecule has 0 bridgehead atoms. The van der Waals surface area contributed by atoms with E-state index in [9.17, 15) is 4.79 Å². The molecule has 3 rings (SSSR count). The van der Waals surface area contributed by atoms with Crippen molar-refractivity contribution in [1.82, 2.24) is 10.2 Å². The van der Waals surface area contributed by atoms with Crippen molar-refractivity contribution in [1.29, 1.82) is 0 Å². The molecular weight excluding hydrogens is 480 g/mol. The lowest BCUT2D eigenvalue weighted by atomic mass is 10.1. The second-order valence-electron chi connectivity index (χ2n) is 6.18. The molecular formula is C19H22Br2N2O4. The Morgan fingerprint density at radius 1 is 1.19 bits per heavy atom. The maximum atomic E-state index is 12.0. The Kier molecular flexibility index (Phi) is 7.75. The molecule has 146 valence electrons. The monoisotopic (exact) mass is 500 g/mol. The Morgan fingerprint density at radius 2 is 2.00 bits per heavy atom. The fourth-order valence-corrected chi connectivity index (χ4v) is 3.62. The zero-order valence-corrected chi connectivity index (χ0v) is 18.1. The summed E-state index contributed by atoms with van der Waals surface area (Å²) in [4.78, 5) is 14.3. The maximum Gasteiger partial charge on any atom is 0.287 e. The van der Waals surface area contributed by atoms with Crippen LogP contribution in [0.15, 0.2) is 43.9 Å². The van der Waals surface area contributed by atoms with Gasteiger partial charge in [-0.15, -0.1) is 0 Å². The van der Waals surface area contributed by atoms with Gasteiger partial charge in [-0.05, 0) is 68.1 Å². The number of rotatable bonds is 8. The first kappa shape index (κ1) is 20.4. The predicted molar refractivity (Wildman–Crippen MR) is 109 cm³/mol. The van der Waals surface area contributed by atoms with Gasteiger partial charge < -0.3 is 19.2 Å². The third-order valence-electron chi connectivity index (χ3n) is 4.26. The summed E-state index contributed by atoms with van der Waals surface area (Å²) >= 11 is 6.76. The van der Waals surface area contributed by atoms with Crippen molar-refractivity contribution in [2.24, 2.45) is 0 Å². The molecule has 1 saturated heterocycles. The zero-order valence-electron chi connectivity index (χ0n) is 14.9. The van der Waals surface area contributed by atoms with Gasteiger partial charge in [0.1, 0.15) is 12.4 Å². The largest absolute Gasteiger partial charge is 0.491 e. The highest BCUT2D eigenvalue weighted by molar-refractivity contribution is 9.10. The average molecular weight is 502 g/mol. The first-order chi connectivity index (χ1) is 13.1. The normalized spacial score (nSPS) is 14.9. The lowest BCUT2D eigenvalue weighted by molar-refractivity contribution is 0.0322. The van der Waals surface area contributed by atoms with E-state index in [4.69, 9.17) is 13.9 Å². The van der Waals surface area contributed by atoms with Crippen molar-refractivity contribution in [2.45, 2.75) is 6.42 Å². The summed E-state index contributed by atoms with van der Waals surface area (Å²) < 4.78 is 17.9. The highest BCUT2D eigenvalue weighted by Gasteiger charge is 2.11. The van der Waals surface area contributed by atoms with Crippen LogP contribution in [0, 0.1) is 0 Å². The van der Waals surface area contributed by atoms with E-state index in [1.165, 1.54) is 0 Å². The number of halogens is 2. The Bertz CT molecular complexity index is 760. The summed E-state index contributed by atoms with van der Waals surface area (Å²) in [5.41, 5.74) is 1.11. The van der Waals surface area contributed by atoms with Crippen molar-refractivity contribution < 1.29 is 18.7 Å². The van der Waals surface area contributed by atoms with Crippen LogP contribution in [0.2, 0.25) is 0 Å². The maximum absolute atomic E-state index is 12.0. The number of nitrogens with zero attached hydrogens (tertiary/aromatic N) is 1. The van der Waals surface area contributed by atoms with Crippen LogP contribution >= 0.6 is 31.9 Å². The lowest BCUT2D eigenvalue weighted by Gasteiger charge is -2.26. The number of benzene rings is 1. The van der Waals surface area contributed by atoms with Gasteiger partial charge in [-0.3, -0.25) is 9.69 Å². The fourth-order valence-electron chi connectivity index (χ4n) is 2.77. The third kappa shape index (κ3) is 6.34. The molecule has 0 unspecified atom stereocenters. The van der Waals surface area contributed by atoms with Crippen LogP contribution in [-0.4, -0.2) is 56.8 Å². The van der Waals surface area contributed by atoms with E-state index in [1.807, 2.05) is 18.2 Å². The SMILES string of the molecule is O=C(NCCc1ccc(OCCN2CCOCC2)c(Br)c1)c1ccc(Br)o1. The Morgan fingerprint density at radius 3 is 2.70 bits per heavy atom. The Labute approximate surface area is 175 Å². The van der Waals surface area contributed by atoms with E-state index in [-0.39, 0.29) is 5.91 Å². The Balaban J connectivity index is 1.41. The number of ether oxygens (including phenoxy) is 2. The molecule has 1 fully saturated rings. The molecule has 1 aromatic carbocycles. The van der Waals surface area contributed by atoms with Gasteiger partial charge in [-0.2, -0.15) is 0 Å². The van der Waals surface area contributed by atoms with Crippen molar-refractivity contribution in [2.75, 3.05) is 46.0 Å². The second-order valence-corrected chi connectivity index (χ2v) is 7.81. The first-order valence-corrected chi connectivity index (χ1v) is 10.5. The van der Waals surface area contributed by atoms with Crippen molar-refractivity contribution >= 4 is 37.8 Å². The molecule has 1 N–H and O–H groups in total. The number of carbonyl (C=O) groups is 1. The van der Waals surface area contributed by atoms with E-state index in [2.05, 4.69) is 42.1 Å². The standard InChI is InChI=1S/C19H22Br2N2O4/c20-15-13-14(5-6-22-19(24)17-3-4-18(21)27-17)1-2-16(15)26-12-9-23-7-10-25-11-8-23/h1-4,13H,5-12H2,(H,22,24). The topological polar surface area (TPSA) is 63.9 Å². The molecule has 0 saturated carbocycles. The summed E-state index contributed by atoms with van der Waals surface area (Å²) in [5.74, 6) is 0.909. The molecule has 0 atom stereocenters. The van der Waals surface area contributed by atoms with E-state index >= 15 is 0 Å². The minimum Gasteiger partial charge on any atom is -0.491 e. The van der Waals surface area contributed by atoms with Crippen LogP contribution in [0.1, 0.15) is 16.1 Å². The van der Waals surface area contributed by atoms with Gasteiger partial charge in [0.2, 0.25) is 0 Å². The van der Waals surface area contributed by atoms with Crippen LogP contribution in [0.4, 0.5) is 0 Å². The molecule has 1 aliphatic heterocycles. The number of carbonyl (C=O) groups excluding carboxylic acids is 1. The minimum absolute atomic E-state index is 0.220. The molecule has 0 aliphatic carbocycles. The van der Waals surface area contributed by atoms with Crippen LogP contribution in [0.3, 0.4) is 0 Å². The number of morpholine rings is 1. The van der Waals surface area contributed by atoms with Gasteiger partial charge in [0.25, 0.3) is 5.91 Å². The van der Waals surface area contributed by atoms with Crippen molar-refractivity contribution in [3.05, 3.63) is 50.8 Å². The minimum atomic E-state index is -0.220. The molecule has 1 aromatic heterocycles. The molecule has 1 aliphatic rings. The number of hydrogen-bond acceptors (Lipinski definition) is 5. The molecule has 6 nitrogen and oxygen atoms in total. The van der Waals surface area contributed by atoms with Gasteiger partial charge in [-0.1, -0.05) is 6.07 Å². The molecule has 0 spiro atoms. The van der Waals surface area contributed by atoms with Crippen LogP contribution in [-0.2, 0) is 11.2 Å². The van der Waals surface area contributed by atoms with Gasteiger partial charge >= 0.3 is 0 Å². The summed E-state index contributed by atoms with van der Waals surface area (Å²) in [7, 11) is 0. The van der Waals surface area contributed by atoms with Gasteiger partial charge in [0.05, 0.1) is 17.7 Å². The molecule has 1 amide bonds. The summed E-state index contributed by atoms with van der Waals surface area (Å²) in [6, 6.07) is 9.34. The highest BCUT2D eigenvalue weighted by atomic mass is 79.9. The molecule has 0 radical (unpaired) electrons. The molecule has 2 aromatic rings. The average Bonchev–Trinajstić information content (AvgIpc) is 3.11. The highest BCUT2D eigenvalue weighted by Crippen LogP contribution is 2.26. The van der Waals surface area contributed by atoms with Gasteiger partial charge in [0, 0.05) is 26.2 Å². The van der Waals surface area contributed by atoms with E-state index in [1.54, 1.807) is 12.1 Å². The second kappa shape index (κ2) is 10.3. The quantitative estimate of drug-likeness (QED) is 0.599. The molecule has 8 heteroatoms. The number of amides is 1. The molecule has 27 heavy (non-hydrogen) atoms. The van der Waals surface area contributed by atoms with Gasteiger partial charge in [-0.25, -0.2) is 0 Å². The van der Waals surface area contributed by atoms with Crippen LogP contribution < -0.4 is 10.1 Å². The van der Waals surface area contributed by atoms with E-state index in [0.717, 1.165) is 55.1 Å². The lowest BCUT2D eigenvalue weighted by Crippen LogP contribution is -2.38. The van der Waals surface area contributed by atoms with Crippen molar-refractivity contribution in [3.63, 3.8) is 0 Å². The first-order valence-electron chi connectivity index (χ1n) is 8.86. The smallest absolute Gasteiger partial charge is 0.287 e. The molecule has 2 heterocycles. The van der Waals surface area contributed by atoms with Crippen molar-refractivity contribution in [3.8, 4) is 5.75 Å². The summed E-state index contributed by atoms with van der Waals surface area (Å²) in [5, 5.41) is 2.85.